The molecule has 0 N–H and O–H groups in total. The van der Waals surface area contributed by atoms with Crippen molar-refractivity contribution in [2.45, 2.75) is 0 Å². The minimum absolute atomic E-state index is 0.658. The molecular formula is C41H27N3. The molecule has 0 saturated heterocycles. The molecule has 206 valence electrons. The zero-order valence-electron chi connectivity index (χ0n) is 23.9. The van der Waals surface area contributed by atoms with Crippen LogP contribution in [0.15, 0.2) is 164 Å². The normalized spacial score (nSPS) is 11.2. The van der Waals surface area contributed by atoms with E-state index >= 15 is 0 Å². The summed E-state index contributed by atoms with van der Waals surface area (Å²) in [6.07, 6.45) is 0. The molecule has 8 rings (SSSR count). The summed E-state index contributed by atoms with van der Waals surface area (Å²) in [6, 6.07) is 57.0. The van der Waals surface area contributed by atoms with Crippen molar-refractivity contribution in [3.63, 3.8) is 0 Å². The fourth-order valence-corrected chi connectivity index (χ4v) is 5.89. The Hall–Kier alpha value is -5.93. The zero-order valence-corrected chi connectivity index (χ0v) is 23.9. The van der Waals surface area contributed by atoms with Gasteiger partial charge < -0.3 is 0 Å². The van der Waals surface area contributed by atoms with Gasteiger partial charge in [0.1, 0.15) is 0 Å². The Morgan fingerprint density at radius 1 is 0.295 bits per heavy atom. The molecular weight excluding hydrogens is 534 g/mol. The summed E-state index contributed by atoms with van der Waals surface area (Å²) in [5, 5.41) is 4.63. The lowest BCUT2D eigenvalue weighted by molar-refractivity contribution is 1.08. The first-order chi connectivity index (χ1) is 21.8. The molecule has 0 fully saturated rings. The molecule has 0 amide bonds. The molecule has 0 unspecified atom stereocenters. The van der Waals surface area contributed by atoms with Gasteiger partial charge in [0.2, 0.25) is 0 Å². The van der Waals surface area contributed by atoms with Gasteiger partial charge in [-0.1, -0.05) is 158 Å². The van der Waals surface area contributed by atoms with E-state index in [2.05, 4.69) is 97.1 Å². The molecule has 3 nitrogen and oxygen atoms in total. The van der Waals surface area contributed by atoms with E-state index in [-0.39, 0.29) is 0 Å². The van der Waals surface area contributed by atoms with Crippen LogP contribution in [0.1, 0.15) is 0 Å². The van der Waals surface area contributed by atoms with Crippen molar-refractivity contribution in [2.24, 2.45) is 0 Å². The topological polar surface area (TPSA) is 38.7 Å². The Morgan fingerprint density at radius 2 is 0.750 bits per heavy atom. The highest BCUT2D eigenvalue weighted by atomic mass is 15.0. The maximum Gasteiger partial charge on any atom is 0.164 e. The molecule has 0 aliphatic rings. The third-order valence-electron chi connectivity index (χ3n) is 8.13. The zero-order chi connectivity index (χ0) is 29.3. The van der Waals surface area contributed by atoms with Gasteiger partial charge in [-0.25, -0.2) is 15.0 Å². The largest absolute Gasteiger partial charge is 0.208 e. The quantitative estimate of drug-likeness (QED) is 0.196. The van der Waals surface area contributed by atoms with E-state index in [0.29, 0.717) is 17.5 Å². The van der Waals surface area contributed by atoms with Crippen LogP contribution in [0.4, 0.5) is 0 Å². The number of nitrogens with zero attached hydrogens (tertiary/aromatic N) is 3. The SMILES string of the molecule is c1ccc(-c2ccc(-c3ccc4ccc5cccc(-c6nc(-c7ccccc7)nc(-c7ccccc7)n6)c5c4c3)cc2)cc1. The van der Waals surface area contributed by atoms with Crippen molar-refractivity contribution >= 4 is 21.5 Å². The highest BCUT2D eigenvalue weighted by molar-refractivity contribution is 6.14. The van der Waals surface area contributed by atoms with Gasteiger partial charge in [-0.3, -0.25) is 0 Å². The number of fused-ring (bicyclic) bond motifs is 3. The molecule has 0 saturated carbocycles. The average molecular weight is 562 g/mol. The van der Waals surface area contributed by atoms with E-state index in [9.17, 15) is 0 Å². The van der Waals surface area contributed by atoms with Crippen molar-refractivity contribution in [1.82, 2.24) is 15.0 Å². The minimum Gasteiger partial charge on any atom is -0.208 e. The van der Waals surface area contributed by atoms with Crippen LogP contribution in [0.5, 0.6) is 0 Å². The van der Waals surface area contributed by atoms with Crippen LogP contribution < -0.4 is 0 Å². The Kier molecular flexibility index (Phi) is 6.47. The standard InChI is InChI=1S/C41H27N3/c1-4-11-28(12-5-1)29-19-21-30(22-20-29)35-26-24-31-23-25-32-17-10-18-36(38(32)37(31)27-35)41-43-39(33-13-6-2-7-14-33)42-40(44-41)34-15-8-3-9-16-34/h1-27H. The molecule has 0 atom stereocenters. The molecule has 0 spiro atoms. The highest BCUT2D eigenvalue weighted by Crippen LogP contribution is 2.37. The van der Waals surface area contributed by atoms with Crippen LogP contribution in [0, 0.1) is 0 Å². The van der Waals surface area contributed by atoms with Gasteiger partial charge in [0.05, 0.1) is 0 Å². The number of benzene rings is 7. The summed E-state index contributed by atoms with van der Waals surface area (Å²) >= 11 is 0. The molecule has 1 aromatic heterocycles. The summed E-state index contributed by atoms with van der Waals surface area (Å²) in [4.78, 5) is 15.0. The smallest absolute Gasteiger partial charge is 0.164 e. The first-order valence-electron chi connectivity index (χ1n) is 14.8. The molecule has 0 bridgehead atoms. The fraction of sp³-hybridized carbons (Fsp3) is 0. The lowest BCUT2D eigenvalue weighted by Crippen LogP contribution is -2.00. The van der Waals surface area contributed by atoms with Gasteiger partial charge in [-0.15, -0.1) is 0 Å². The highest BCUT2D eigenvalue weighted by Gasteiger charge is 2.16. The summed E-state index contributed by atoms with van der Waals surface area (Å²) < 4.78 is 0. The van der Waals surface area contributed by atoms with Crippen molar-refractivity contribution in [2.75, 3.05) is 0 Å². The molecule has 0 aliphatic heterocycles. The Morgan fingerprint density at radius 3 is 1.36 bits per heavy atom. The van der Waals surface area contributed by atoms with E-state index in [1.807, 2.05) is 66.7 Å². The van der Waals surface area contributed by atoms with Crippen molar-refractivity contribution in [3.8, 4) is 56.4 Å². The van der Waals surface area contributed by atoms with E-state index in [1.165, 1.54) is 33.0 Å². The van der Waals surface area contributed by atoms with Crippen molar-refractivity contribution in [3.05, 3.63) is 164 Å². The van der Waals surface area contributed by atoms with Crippen LogP contribution in [0.2, 0.25) is 0 Å². The minimum atomic E-state index is 0.658. The lowest BCUT2D eigenvalue weighted by Gasteiger charge is -2.13. The second-order valence-electron chi connectivity index (χ2n) is 10.9. The van der Waals surface area contributed by atoms with Gasteiger partial charge in [-0.05, 0) is 44.5 Å². The number of aromatic nitrogens is 3. The van der Waals surface area contributed by atoms with Gasteiger partial charge in [0.25, 0.3) is 0 Å². The monoisotopic (exact) mass is 561 g/mol. The van der Waals surface area contributed by atoms with E-state index in [1.54, 1.807) is 0 Å². The first kappa shape index (κ1) is 25.8. The summed E-state index contributed by atoms with van der Waals surface area (Å²) in [5.74, 6) is 1.98. The van der Waals surface area contributed by atoms with Crippen LogP contribution >= 0.6 is 0 Å². The van der Waals surface area contributed by atoms with Gasteiger partial charge in [0, 0.05) is 22.1 Å². The Balaban J connectivity index is 1.31. The molecule has 3 heteroatoms. The number of rotatable bonds is 5. The molecule has 44 heavy (non-hydrogen) atoms. The average Bonchev–Trinajstić information content (AvgIpc) is 3.12. The maximum atomic E-state index is 5.05. The van der Waals surface area contributed by atoms with Crippen LogP contribution in [0.25, 0.3) is 78.0 Å². The maximum absolute atomic E-state index is 5.05. The van der Waals surface area contributed by atoms with E-state index in [4.69, 9.17) is 15.0 Å². The third kappa shape index (κ3) is 4.81. The predicted octanol–water partition coefficient (Wildman–Crippen LogP) is 10.5. The van der Waals surface area contributed by atoms with Gasteiger partial charge in [0.15, 0.2) is 17.5 Å². The molecule has 8 aromatic rings. The van der Waals surface area contributed by atoms with Crippen LogP contribution in [-0.4, -0.2) is 15.0 Å². The summed E-state index contributed by atoms with van der Waals surface area (Å²) in [7, 11) is 0. The molecule has 7 aromatic carbocycles. The predicted molar refractivity (Wildman–Crippen MR) is 182 cm³/mol. The second kappa shape index (κ2) is 11.0. The number of hydrogen-bond acceptors (Lipinski definition) is 3. The van der Waals surface area contributed by atoms with Gasteiger partial charge >= 0.3 is 0 Å². The summed E-state index contributed by atoms with van der Waals surface area (Å²) in [5.41, 5.74) is 7.68. The van der Waals surface area contributed by atoms with Crippen LogP contribution in [0.3, 0.4) is 0 Å². The number of hydrogen-bond donors (Lipinski definition) is 0. The van der Waals surface area contributed by atoms with Crippen molar-refractivity contribution < 1.29 is 0 Å². The molecule has 1 heterocycles. The fourth-order valence-electron chi connectivity index (χ4n) is 5.89. The van der Waals surface area contributed by atoms with Gasteiger partial charge in [-0.2, -0.15) is 0 Å². The Bertz CT molecular complexity index is 2190. The first-order valence-corrected chi connectivity index (χ1v) is 14.8. The van der Waals surface area contributed by atoms with E-state index < -0.39 is 0 Å². The Labute approximate surface area is 256 Å². The lowest BCUT2D eigenvalue weighted by atomic mass is 9.93. The summed E-state index contributed by atoms with van der Waals surface area (Å²) in [6.45, 7) is 0. The van der Waals surface area contributed by atoms with Crippen LogP contribution in [-0.2, 0) is 0 Å². The van der Waals surface area contributed by atoms with Crippen molar-refractivity contribution in [1.29, 1.82) is 0 Å². The molecule has 0 aliphatic carbocycles. The molecule has 0 radical (unpaired) electrons. The third-order valence-corrected chi connectivity index (χ3v) is 8.13. The second-order valence-corrected chi connectivity index (χ2v) is 10.9. The van der Waals surface area contributed by atoms with E-state index in [0.717, 1.165) is 27.5 Å².